The summed E-state index contributed by atoms with van der Waals surface area (Å²) in [5.74, 6) is -0.293. The van der Waals surface area contributed by atoms with E-state index < -0.39 is 15.6 Å². The Labute approximate surface area is 203 Å². The second-order valence-corrected chi connectivity index (χ2v) is 10.6. The minimum absolute atomic E-state index is 0.0663. The Morgan fingerprint density at radius 2 is 2.03 bits per heavy atom. The van der Waals surface area contributed by atoms with Crippen LogP contribution in [0.5, 0.6) is 5.75 Å². The Balaban J connectivity index is 1.83. The normalized spacial score (nSPS) is 15.7. The largest absolute Gasteiger partial charge is 0.506 e. The number of nitrogens with zero attached hydrogens (tertiary/aromatic N) is 4. The number of aryl methyl sites for hydroxylation is 1. The van der Waals surface area contributed by atoms with Gasteiger partial charge in [-0.25, -0.2) is 4.98 Å². The molecule has 0 aliphatic carbocycles. The topological polar surface area (TPSA) is 152 Å². The zero-order valence-electron chi connectivity index (χ0n) is 19.8. The number of rotatable bonds is 7. The predicted octanol–water partition coefficient (Wildman–Crippen LogP) is 3.15. The highest BCUT2D eigenvalue weighted by Gasteiger charge is 2.30. The first-order valence-electron chi connectivity index (χ1n) is 11.3. The molecule has 1 aromatic carbocycles. The molecule has 184 valence electrons. The lowest BCUT2D eigenvalue weighted by Crippen LogP contribution is -2.33. The van der Waals surface area contributed by atoms with Gasteiger partial charge >= 0.3 is 0 Å². The van der Waals surface area contributed by atoms with Crippen LogP contribution in [0.4, 0.5) is 11.4 Å². The van der Waals surface area contributed by atoms with Gasteiger partial charge in [0.25, 0.3) is 15.6 Å². The fraction of sp³-hybridized carbons (Fsp3) is 0.333. The van der Waals surface area contributed by atoms with Crippen LogP contribution in [-0.2, 0) is 16.6 Å². The van der Waals surface area contributed by atoms with Gasteiger partial charge in [-0.2, -0.15) is 8.42 Å². The average Bonchev–Trinajstić information content (AvgIpc) is 2.78. The van der Waals surface area contributed by atoms with E-state index in [9.17, 15) is 18.3 Å². The number of hydrogen-bond donors (Lipinski definition) is 3. The lowest BCUT2D eigenvalue weighted by molar-refractivity contribution is 0.473. The number of nitrogens with two attached hydrogens (primary N) is 1. The number of aliphatic imine (C=N–C) groups is 1. The van der Waals surface area contributed by atoms with E-state index in [1.54, 1.807) is 30.5 Å². The Morgan fingerprint density at radius 3 is 2.74 bits per heavy atom. The summed E-state index contributed by atoms with van der Waals surface area (Å²) >= 11 is 0. The molecule has 10 nitrogen and oxygen atoms in total. The molecule has 0 saturated heterocycles. The lowest BCUT2D eigenvalue weighted by Gasteiger charge is -2.20. The molecule has 4 N–H and O–H groups in total. The van der Waals surface area contributed by atoms with Gasteiger partial charge in [-0.3, -0.25) is 14.4 Å². The molecule has 3 heterocycles. The predicted molar refractivity (Wildman–Crippen MR) is 137 cm³/mol. The molecule has 4 rings (SSSR count). The molecule has 2 aromatic heterocycles. The number of fused-ring (bicyclic) bond motifs is 2. The van der Waals surface area contributed by atoms with Crippen molar-refractivity contribution < 1.29 is 13.5 Å². The van der Waals surface area contributed by atoms with Crippen molar-refractivity contribution in [2.45, 2.75) is 51.1 Å². The molecule has 35 heavy (non-hydrogen) atoms. The minimum Gasteiger partial charge on any atom is -0.506 e. The van der Waals surface area contributed by atoms with E-state index in [-0.39, 0.29) is 33.8 Å². The van der Waals surface area contributed by atoms with Gasteiger partial charge in [0.05, 0.1) is 16.8 Å². The van der Waals surface area contributed by atoms with Gasteiger partial charge in [0.15, 0.2) is 5.84 Å². The molecule has 1 aliphatic heterocycles. The van der Waals surface area contributed by atoms with Crippen LogP contribution in [0.15, 0.2) is 55.6 Å². The van der Waals surface area contributed by atoms with E-state index in [2.05, 4.69) is 19.7 Å². The Bertz CT molecular complexity index is 1510. The van der Waals surface area contributed by atoms with E-state index in [4.69, 9.17) is 5.73 Å². The van der Waals surface area contributed by atoms with Crippen molar-refractivity contribution in [3.05, 3.63) is 52.4 Å². The molecule has 1 aliphatic rings. The van der Waals surface area contributed by atoms with Crippen LogP contribution < -0.4 is 16.6 Å². The molecular formula is C24H28N6O4S. The quantitative estimate of drug-likeness (QED) is 0.425. The maximum Gasteiger partial charge on any atom is 0.286 e. The van der Waals surface area contributed by atoms with E-state index >= 15 is 0 Å². The van der Waals surface area contributed by atoms with Crippen molar-refractivity contribution in [2.75, 3.05) is 5.32 Å². The van der Waals surface area contributed by atoms with Crippen molar-refractivity contribution in [1.29, 1.82) is 0 Å². The first-order chi connectivity index (χ1) is 16.6. The first-order valence-corrected chi connectivity index (χ1v) is 12.8. The molecule has 0 amide bonds. The van der Waals surface area contributed by atoms with Crippen molar-refractivity contribution in [1.82, 2.24) is 9.55 Å². The minimum atomic E-state index is -4.18. The van der Waals surface area contributed by atoms with Crippen LogP contribution in [0.3, 0.4) is 0 Å². The number of pyridine rings is 2. The molecular weight excluding hydrogens is 468 g/mol. The highest BCUT2D eigenvalue weighted by molar-refractivity contribution is 7.90. The number of benzene rings is 1. The molecule has 0 spiro atoms. The van der Waals surface area contributed by atoms with Gasteiger partial charge in [0.2, 0.25) is 0 Å². The summed E-state index contributed by atoms with van der Waals surface area (Å²) in [4.78, 5) is 22.0. The van der Waals surface area contributed by atoms with Crippen LogP contribution in [0.25, 0.3) is 11.0 Å². The molecule has 3 aromatic rings. The van der Waals surface area contributed by atoms with E-state index in [0.717, 1.165) is 0 Å². The van der Waals surface area contributed by atoms with Gasteiger partial charge in [0, 0.05) is 25.0 Å². The molecule has 0 bridgehead atoms. The fourth-order valence-corrected chi connectivity index (χ4v) is 4.87. The average molecular weight is 497 g/mol. The summed E-state index contributed by atoms with van der Waals surface area (Å²) in [5.41, 5.74) is 5.92. The maximum absolute atomic E-state index is 13.5. The Hall–Kier alpha value is -3.57. The molecule has 0 fully saturated rings. The number of hydrogen-bond acceptors (Lipinski definition) is 8. The number of amidine groups is 1. The molecule has 0 radical (unpaired) electrons. The third-order valence-electron chi connectivity index (χ3n) is 5.59. The third kappa shape index (κ3) is 4.96. The number of aromatic nitrogens is 2. The molecule has 1 atom stereocenters. The zero-order valence-corrected chi connectivity index (χ0v) is 20.6. The van der Waals surface area contributed by atoms with Gasteiger partial charge in [-0.15, -0.1) is 4.40 Å². The van der Waals surface area contributed by atoms with E-state index in [0.29, 0.717) is 42.0 Å². The Morgan fingerprint density at radius 1 is 1.26 bits per heavy atom. The Kier molecular flexibility index (Phi) is 6.73. The smallest absolute Gasteiger partial charge is 0.286 e. The number of sulfonamides is 1. The van der Waals surface area contributed by atoms with Crippen LogP contribution >= 0.6 is 0 Å². The first kappa shape index (κ1) is 24.6. The van der Waals surface area contributed by atoms with Crippen LogP contribution in [0.2, 0.25) is 0 Å². The summed E-state index contributed by atoms with van der Waals surface area (Å²) in [6.07, 6.45) is 4.41. The molecule has 0 saturated carbocycles. The second kappa shape index (κ2) is 9.59. The van der Waals surface area contributed by atoms with Gasteiger partial charge < -0.3 is 16.2 Å². The fourth-order valence-electron chi connectivity index (χ4n) is 3.73. The second-order valence-electron chi connectivity index (χ2n) is 8.98. The molecule has 1 unspecified atom stereocenters. The van der Waals surface area contributed by atoms with Crippen molar-refractivity contribution in [3.8, 4) is 5.75 Å². The monoisotopic (exact) mass is 496 g/mol. The van der Waals surface area contributed by atoms with Crippen LogP contribution in [0, 0.1) is 5.92 Å². The summed E-state index contributed by atoms with van der Waals surface area (Å²) in [5, 5.41) is 14.2. The van der Waals surface area contributed by atoms with E-state index in [1.807, 2.05) is 20.8 Å². The van der Waals surface area contributed by atoms with Crippen molar-refractivity contribution >= 4 is 44.5 Å². The lowest BCUT2D eigenvalue weighted by atomic mass is 10.1. The number of anilines is 1. The zero-order chi connectivity index (χ0) is 25.3. The van der Waals surface area contributed by atoms with Crippen molar-refractivity contribution in [3.63, 3.8) is 0 Å². The summed E-state index contributed by atoms with van der Waals surface area (Å²) in [7, 11) is -4.18. The summed E-state index contributed by atoms with van der Waals surface area (Å²) in [6.45, 7) is 6.27. The maximum atomic E-state index is 13.5. The summed E-state index contributed by atoms with van der Waals surface area (Å²) in [6, 6.07) is 7.80. The van der Waals surface area contributed by atoms with Crippen LogP contribution in [0.1, 0.15) is 39.2 Å². The molecule has 11 heteroatoms. The van der Waals surface area contributed by atoms with Gasteiger partial charge in [-0.05, 0) is 56.0 Å². The van der Waals surface area contributed by atoms with Crippen LogP contribution in [-0.4, -0.2) is 41.2 Å². The standard InChI is InChI=1S/C24H28N6O4S/c1-14(2)9-12-30-23-17(5-4-10-27-23)21(31)20(24(30)32)22-28-18-7-6-16(26-11-8-15(3)25)13-19(18)35(33,34)29-22/h4-7,10-11,13-15,31H,8-9,12,25H2,1-3H3,(H,28,29). The highest BCUT2D eigenvalue weighted by atomic mass is 32.2. The van der Waals surface area contributed by atoms with Gasteiger partial charge in [0.1, 0.15) is 21.9 Å². The number of nitrogens with one attached hydrogen (secondary N) is 1. The highest BCUT2D eigenvalue weighted by Crippen LogP contribution is 2.34. The van der Waals surface area contributed by atoms with Gasteiger partial charge in [-0.1, -0.05) is 13.8 Å². The number of aromatic hydroxyl groups is 1. The third-order valence-corrected chi connectivity index (χ3v) is 6.90. The summed E-state index contributed by atoms with van der Waals surface area (Å²) < 4.78 is 31.5. The van der Waals surface area contributed by atoms with Crippen molar-refractivity contribution in [2.24, 2.45) is 21.0 Å². The van der Waals surface area contributed by atoms with E-state index in [1.165, 1.54) is 16.8 Å². The SMILES string of the molecule is CC(C)CCn1c(=O)c(C2=NS(=O)(=O)c3cc(N=CCC(C)N)ccc3N2)c(O)c2cccnc21.